The van der Waals surface area contributed by atoms with Crippen LogP contribution in [0.25, 0.3) is 11.1 Å². The van der Waals surface area contributed by atoms with Crippen LogP contribution in [0.5, 0.6) is 0 Å². The molecule has 1 unspecified atom stereocenters. The average molecular weight is 456 g/mol. The van der Waals surface area contributed by atoms with Crippen molar-refractivity contribution in [3.8, 4) is 11.1 Å². The van der Waals surface area contributed by atoms with Crippen LogP contribution in [-0.2, 0) is 10.0 Å². The van der Waals surface area contributed by atoms with Crippen LogP contribution in [0.4, 0.5) is 10.3 Å². The van der Waals surface area contributed by atoms with Gasteiger partial charge < -0.3 is 4.90 Å². The van der Waals surface area contributed by atoms with Crippen molar-refractivity contribution in [1.82, 2.24) is 24.2 Å². The van der Waals surface area contributed by atoms with Crippen molar-refractivity contribution in [2.75, 3.05) is 36.8 Å². The van der Waals surface area contributed by atoms with Crippen LogP contribution >= 0.6 is 0 Å². The van der Waals surface area contributed by atoms with Gasteiger partial charge in [-0.25, -0.2) is 32.7 Å². The zero-order chi connectivity index (χ0) is 22.6. The summed E-state index contributed by atoms with van der Waals surface area (Å²) in [6.07, 6.45) is 6.78. The molecule has 0 bridgehead atoms. The minimum Gasteiger partial charge on any atom is -0.338 e. The Balaban J connectivity index is 1.39. The fourth-order valence-electron chi connectivity index (χ4n) is 3.65. The third-order valence-corrected chi connectivity index (χ3v) is 7.42. The van der Waals surface area contributed by atoms with E-state index in [1.165, 1.54) is 10.4 Å². The van der Waals surface area contributed by atoms with Crippen molar-refractivity contribution in [3.63, 3.8) is 0 Å². The second-order valence-electron chi connectivity index (χ2n) is 7.51. The summed E-state index contributed by atoms with van der Waals surface area (Å²) in [6, 6.07) is 8.16. The number of rotatable bonds is 7. The first-order valence-corrected chi connectivity index (χ1v) is 11.9. The molecule has 1 aromatic carbocycles. The lowest BCUT2D eigenvalue weighted by atomic mass is 10.1. The molecule has 3 aromatic rings. The lowest BCUT2D eigenvalue weighted by molar-refractivity contribution is 0.380. The zero-order valence-corrected chi connectivity index (χ0v) is 18.3. The Bertz CT molecular complexity index is 1140. The quantitative estimate of drug-likeness (QED) is 0.541. The van der Waals surface area contributed by atoms with Gasteiger partial charge in [-0.2, -0.15) is 4.31 Å². The number of piperazine rings is 1. The fourth-order valence-corrected chi connectivity index (χ4v) is 5.41. The summed E-state index contributed by atoms with van der Waals surface area (Å²) in [5, 5.41) is 0. The molecule has 32 heavy (non-hydrogen) atoms. The molecule has 1 saturated heterocycles. The van der Waals surface area contributed by atoms with Gasteiger partial charge >= 0.3 is 0 Å². The highest BCUT2D eigenvalue weighted by Gasteiger charge is 2.31. The molecule has 1 fully saturated rings. The van der Waals surface area contributed by atoms with Crippen molar-refractivity contribution in [2.24, 2.45) is 0 Å². The van der Waals surface area contributed by atoms with Crippen molar-refractivity contribution >= 4 is 16.0 Å². The van der Waals surface area contributed by atoms with E-state index in [1.807, 2.05) is 4.90 Å². The molecule has 0 amide bonds. The molecule has 1 atom stereocenters. The van der Waals surface area contributed by atoms with Crippen LogP contribution in [0.2, 0.25) is 0 Å². The van der Waals surface area contributed by atoms with Crippen molar-refractivity contribution in [2.45, 2.75) is 12.3 Å². The summed E-state index contributed by atoms with van der Waals surface area (Å²) in [4.78, 5) is 19.0. The molecule has 10 heteroatoms. The van der Waals surface area contributed by atoms with E-state index in [-0.39, 0.29) is 17.5 Å². The standard InChI is InChI=1S/C22H24FN6O2S/c1-2-17(21-24-8-5-9-25-21)16-32(30,31)29-12-10-28(11-13-29)22-26-14-18(15-27-22)19-6-3-4-7-20(19)23/h3-9,14-15,17H,1-2,10-13,16H2. The molecular weight excluding hydrogens is 431 g/mol. The molecule has 8 nitrogen and oxygen atoms in total. The molecule has 0 spiro atoms. The molecule has 0 saturated carbocycles. The van der Waals surface area contributed by atoms with E-state index >= 15 is 0 Å². The Hall–Kier alpha value is -2.98. The third-order valence-electron chi connectivity index (χ3n) is 5.45. The Morgan fingerprint density at radius 1 is 0.969 bits per heavy atom. The van der Waals surface area contributed by atoms with E-state index in [0.717, 1.165) is 0 Å². The first-order valence-electron chi connectivity index (χ1n) is 10.3. The van der Waals surface area contributed by atoms with Crippen molar-refractivity contribution in [1.29, 1.82) is 0 Å². The van der Waals surface area contributed by atoms with E-state index in [0.29, 0.717) is 55.5 Å². The van der Waals surface area contributed by atoms with Crippen molar-refractivity contribution in [3.05, 3.63) is 73.7 Å². The molecule has 1 aliphatic heterocycles. The minimum absolute atomic E-state index is 0.0750. The van der Waals surface area contributed by atoms with Gasteiger partial charge in [-0.15, -0.1) is 0 Å². The topological polar surface area (TPSA) is 92.2 Å². The van der Waals surface area contributed by atoms with Gasteiger partial charge in [0, 0.05) is 68.0 Å². The Labute approximate surface area is 187 Å². The number of nitrogens with zero attached hydrogens (tertiary/aromatic N) is 6. The van der Waals surface area contributed by atoms with Crippen LogP contribution in [0.3, 0.4) is 0 Å². The molecule has 1 radical (unpaired) electrons. The number of hydrogen-bond acceptors (Lipinski definition) is 7. The second kappa shape index (κ2) is 9.66. The summed E-state index contributed by atoms with van der Waals surface area (Å²) in [5.41, 5.74) is 1.03. The van der Waals surface area contributed by atoms with E-state index < -0.39 is 10.0 Å². The van der Waals surface area contributed by atoms with Crippen LogP contribution in [0.1, 0.15) is 18.2 Å². The monoisotopic (exact) mass is 455 g/mol. The average Bonchev–Trinajstić information content (AvgIpc) is 2.84. The number of halogens is 1. The predicted molar refractivity (Wildman–Crippen MR) is 120 cm³/mol. The molecule has 1 aliphatic rings. The largest absolute Gasteiger partial charge is 0.338 e. The maximum Gasteiger partial charge on any atom is 0.225 e. The summed E-state index contributed by atoms with van der Waals surface area (Å²) in [7, 11) is -3.49. The van der Waals surface area contributed by atoms with Crippen LogP contribution in [-0.4, -0.2) is 64.6 Å². The molecule has 0 N–H and O–H groups in total. The van der Waals surface area contributed by atoms with Crippen LogP contribution in [0.15, 0.2) is 55.1 Å². The highest BCUT2D eigenvalue weighted by Crippen LogP contribution is 2.23. The molecular formula is C22H24FN6O2S. The molecule has 167 valence electrons. The van der Waals surface area contributed by atoms with Gasteiger partial charge in [0.25, 0.3) is 0 Å². The van der Waals surface area contributed by atoms with Gasteiger partial charge in [0.1, 0.15) is 11.6 Å². The zero-order valence-electron chi connectivity index (χ0n) is 17.5. The van der Waals surface area contributed by atoms with E-state index in [9.17, 15) is 12.8 Å². The molecule has 2 aromatic heterocycles. The first-order chi connectivity index (χ1) is 15.5. The number of sulfonamides is 1. The number of benzene rings is 1. The van der Waals surface area contributed by atoms with Gasteiger partial charge in [-0.3, -0.25) is 0 Å². The van der Waals surface area contributed by atoms with E-state index in [1.54, 1.807) is 49.1 Å². The first kappa shape index (κ1) is 22.2. The lowest BCUT2D eigenvalue weighted by Gasteiger charge is -2.34. The summed E-state index contributed by atoms with van der Waals surface area (Å²) >= 11 is 0. The van der Waals surface area contributed by atoms with Crippen molar-refractivity contribution < 1.29 is 12.8 Å². The van der Waals surface area contributed by atoms with Crippen LogP contribution in [0, 0.1) is 12.7 Å². The number of anilines is 1. The highest BCUT2D eigenvalue weighted by atomic mass is 32.2. The maximum absolute atomic E-state index is 14.0. The van der Waals surface area contributed by atoms with Gasteiger partial charge in [0.15, 0.2) is 0 Å². The summed E-state index contributed by atoms with van der Waals surface area (Å²) in [5.74, 6) is 0.232. The number of hydrogen-bond donors (Lipinski definition) is 0. The van der Waals surface area contributed by atoms with Gasteiger partial charge in [0.05, 0.1) is 5.75 Å². The van der Waals surface area contributed by atoms with Gasteiger partial charge in [0.2, 0.25) is 16.0 Å². The maximum atomic E-state index is 14.0. The highest BCUT2D eigenvalue weighted by molar-refractivity contribution is 7.89. The second-order valence-corrected chi connectivity index (χ2v) is 9.52. The van der Waals surface area contributed by atoms with Gasteiger partial charge in [-0.1, -0.05) is 25.1 Å². The Kier molecular flexibility index (Phi) is 6.71. The van der Waals surface area contributed by atoms with E-state index in [4.69, 9.17) is 0 Å². The Morgan fingerprint density at radius 2 is 1.62 bits per heavy atom. The fraction of sp³-hybridized carbons (Fsp3) is 0.318. The summed E-state index contributed by atoms with van der Waals surface area (Å²) < 4.78 is 41.4. The van der Waals surface area contributed by atoms with Crippen LogP contribution < -0.4 is 4.90 Å². The lowest BCUT2D eigenvalue weighted by Crippen LogP contribution is -2.50. The van der Waals surface area contributed by atoms with E-state index in [2.05, 4.69) is 26.9 Å². The minimum atomic E-state index is -3.49. The predicted octanol–water partition coefficient (Wildman–Crippen LogP) is 2.53. The summed E-state index contributed by atoms with van der Waals surface area (Å²) in [6.45, 7) is 5.47. The number of aromatic nitrogens is 4. The Morgan fingerprint density at radius 3 is 2.25 bits per heavy atom. The normalized spacial score (nSPS) is 16.1. The van der Waals surface area contributed by atoms with Gasteiger partial charge in [-0.05, 0) is 18.6 Å². The third kappa shape index (κ3) is 4.91. The smallest absolute Gasteiger partial charge is 0.225 e. The molecule has 0 aliphatic carbocycles. The molecule has 3 heterocycles. The SMILES string of the molecule is [CH2]CC(CS(=O)(=O)N1CCN(c2ncc(-c3ccccc3F)cn2)CC1)c1ncccn1. The molecule has 4 rings (SSSR count).